The summed E-state index contributed by atoms with van der Waals surface area (Å²) in [6.07, 6.45) is 6.29. The summed E-state index contributed by atoms with van der Waals surface area (Å²) >= 11 is 1.19. The van der Waals surface area contributed by atoms with Crippen LogP contribution in [-0.4, -0.2) is 72.0 Å². The van der Waals surface area contributed by atoms with Gasteiger partial charge in [-0.05, 0) is 32.9 Å². The zero-order chi connectivity index (χ0) is 15.7. The Bertz CT molecular complexity index is 331. The van der Waals surface area contributed by atoms with Gasteiger partial charge < -0.3 is 14.9 Å². The highest BCUT2D eigenvalue weighted by Gasteiger charge is 2.21. The van der Waals surface area contributed by atoms with Gasteiger partial charge in [-0.25, -0.2) is 0 Å². The second kappa shape index (κ2) is 10.1. The average Bonchev–Trinajstić information content (AvgIpc) is 2.43. The van der Waals surface area contributed by atoms with E-state index in [9.17, 15) is 9.59 Å². The molecule has 5 nitrogen and oxygen atoms in total. The van der Waals surface area contributed by atoms with Crippen LogP contribution in [0.4, 0.5) is 0 Å². The number of nitrogens with zero attached hydrogens (tertiary/aromatic N) is 2. The molecule has 1 rings (SSSR count). The van der Waals surface area contributed by atoms with Gasteiger partial charge in [-0.1, -0.05) is 19.3 Å². The molecule has 6 heteroatoms. The van der Waals surface area contributed by atoms with Crippen molar-refractivity contribution in [1.82, 2.24) is 9.80 Å². The molecule has 0 radical (unpaired) electrons. The van der Waals surface area contributed by atoms with Crippen molar-refractivity contribution in [2.24, 2.45) is 5.92 Å². The summed E-state index contributed by atoms with van der Waals surface area (Å²) < 4.78 is 0. The fraction of sp³-hybridized carbons (Fsp3) is 0.867. The summed E-state index contributed by atoms with van der Waals surface area (Å²) in [6.45, 7) is 2.42. The van der Waals surface area contributed by atoms with Crippen LogP contribution in [-0.2, 0) is 9.59 Å². The number of thioether (sulfide) groups is 1. The third-order valence-electron chi connectivity index (χ3n) is 3.82. The quantitative estimate of drug-likeness (QED) is 0.702. The summed E-state index contributed by atoms with van der Waals surface area (Å²) in [5.41, 5.74) is 0. The molecule has 0 aromatic carbocycles. The highest BCUT2D eigenvalue weighted by molar-refractivity contribution is 8.00. The van der Waals surface area contributed by atoms with E-state index in [4.69, 9.17) is 5.11 Å². The minimum absolute atomic E-state index is 0.00328. The van der Waals surface area contributed by atoms with E-state index in [1.807, 2.05) is 19.0 Å². The molecule has 1 N–H and O–H groups in total. The molecule has 0 aromatic heterocycles. The molecule has 0 aliphatic heterocycles. The number of hydrogen-bond acceptors (Lipinski definition) is 4. The van der Waals surface area contributed by atoms with Crippen molar-refractivity contribution in [2.45, 2.75) is 32.1 Å². The van der Waals surface area contributed by atoms with E-state index >= 15 is 0 Å². The van der Waals surface area contributed by atoms with Gasteiger partial charge in [0.05, 0.1) is 11.5 Å². The number of amides is 1. The molecule has 1 saturated carbocycles. The van der Waals surface area contributed by atoms with E-state index in [0.717, 1.165) is 19.6 Å². The first-order valence-corrected chi connectivity index (χ1v) is 8.86. The summed E-state index contributed by atoms with van der Waals surface area (Å²) in [6, 6.07) is 0. The van der Waals surface area contributed by atoms with Crippen molar-refractivity contribution >= 4 is 23.6 Å². The standard InChI is InChI=1S/C15H28N2O3S/c1-16(2)8-9-17(10-13-6-4-3-5-7-13)14(18)11-21-12-15(19)20/h13H,3-12H2,1-2H3,(H,19,20). The predicted molar refractivity (Wildman–Crippen MR) is 86.7 cm³/mol. The first-order valence-electron chi connectivity index (χ1n) is 7.71. The summed E-state index contributed by atoms with van der Waals surface area (Å²) in [4.78, 5) is 26.8. The van der Waals surface area contributed by atoms with Gasteiger partial charge in [-0.3, -0.25) is 9.59 Å². The Balaban J connectivity index is 2.44. The average molecular weight is 316 g/mol. The molecule has 0 heterocycles. The van der Waals surface area contributed by atoms with Crippen LogP contribution in [0.3, 0.4) is 0 Å². The smallest absolute Gasteiger partial charge is 0.313 e. The number of aliphatic carboxylic acids is 1. The Morgan fingerprint density at radius 2 is 1.76 bits per heavy atom. The maximum atomic E-state index is 12.3. The SMILES string of the molecule is CN(C)CCN(CC1CCCCC1)C(=O)CSCC(=O)O. The maximum Gasteiger partial charge on any atom is 0.313 e. The Morgan fingerprint density at radius 1 is 1.10 bits per heavy atom. The van der Waals surface area contributed by atoms with Crippen LogP contribution in [0.2, 0.25) is 0 Å². The van der Waals surface area contributed by atoms with Gasteiger partial charge in [0.25, 0.3) is 0 Å². The monoisotopic (exact) mass is 316 g/mol. The highest BCUT2D eigenvalue weighted by atomic mass is 32.2. The number of carboxylic acid groups (broad SMARTS) is 1. The van der Waals surface area contributed by atoms with Crippen LogP contribution in [0, 0.1) is 5.92 Å². The lowest BCUT2D eigenvalue weighted by Gasteiger charge is -2.30. The topological polar surface area (TPSA) is 60.9 Å². The minimum atomic E-state index is -0.861. The van der Waals surface area contributed by atoms with E-state index in [1.54, 1.807) is 0 Å². The van der Waals surface area contributed by atoms with Crippen LogP contribution < -0.4 is 0 Å². The number of carbonyl (C=O) groups excluding carboxylic acids is 1. The lowest BCUT2D eigenvalue weighted by atomic mass is 9.89. The number of likely N-dealkylation sites (N-methyl/N-ethyl adjacent to an activating group) is 1. The van der Waals surface area contributed by atoms with Crippen molar-refractivity contribution < 1.29 is 14.7 Å². The van der Waals surface area contributed by atoms with Crippen molar-refractivity contribution in [3.63, 3.8) is 0 Å². The number of carboxylic acids is 1. The van der Waals surface area contributed by atoms with E-state index in [2.05, 4.69) is 4.90 Å². The van der Waals surface area contributed by atoms with E-state index in [-0.39, 0.29) is 17.4 Å². The molecule has 122 valence electrons. The molecule has 1 aliphatic rings. The molecule has 0 bridgehead atoms. The maximum absolute atomic E-state index is 12.3. The van der Waals surface area contributed by atoms with Gasteiger partial charge in [0.2, 0.25) is 5.91 Å². The van der Waals surface area contributed by atoms with Crippen LogP contribution in [0.15, 0.2) is 0 Å². The fourth-order valence-corrected chi connectivity index (χ4v) is 3.27. The molecular formula is C15H28N2O3S. The molecular weight excluding hydrogens is 288 g/mol. The van der Waals surface area contributed by atoms with E-state index in [0.29, 0.717) is 5.92 Å². The first-order chi connectivity index (χ1) is 9.99. The molecule has 1 amide bonds. The van der Waals surface area contributed by atoms with Crippen LogP contribution in [0.1, 0.15) is 32.1 Å². The van der Waals surface area contributed by atoms with Crippen molar-refractivity contribution in [2.75, 3.05) is 45.2 Å². The van der Waals surface area contributed by atoms with Gasteiger partial charge in [0.15, 0.2) is 0 Å². The van der Waals surface area contributed by atoms with Crippen molar-refractivity contribution in [3.8, 4) is 0 Å². The van der Waals surface area contributed by atoms with Crippen LogP contribution in [0.5, 0.6) is 0 Å². The molecule has 1 fully saturated rings. The zero-order valence-corrected chi connectivity index (χ0v) is 14.0. The van der Waals surface area contributed by atoms with Crippen LogP contribution in [0.25, 0.3) is 0 Å². The molecule has 0 unspecified atom stereocenters. The van der Waals surface area contributed by atoms with Gasteiger partial charge >= 0.3 is 5.97 Å². The fourth-order valence-electron chi connectivity index (χ4n) is 2.64. The lowest BCUT2D eigenvalue weighted by molar-refractivity contribution is -0.133. The van der Waals surface area contributed by atoms with Crippen LogP contribution >= 0.6 is 11.8 Å². The van der Waals surface area contributed by atoms with Crippen molar-refractivity contribution in [3.05, 3.63) is 0 Å². The Labute approximate surface area is 132 Å². The number of hydrogen-bond donors (Lipinski definition) is 1. The van der Waals surface area contributed by atoms with Gasteiger partial charge in [0.1, 0.15) is 0 Å². The Morgan fingerprint density at radius 3 is 2.33 bits per heavy atom. The Kier molecular flexibility index (Phi) is 8.76. The third kappa shape index (κ3) is 8.31. The zero-order valence-electron chi connectivity index (χ0n) is 13.2. The molecule has 0 atom stereocenters. The molecule has 0 saturated heterocycles. The highest BCUT2D eigenvalue weighted by Crippen LogP contribution is 2.24. The van der Waals surface area contributed by atoms with Gasteiger partial charge in [-0.2, -0.15) is 0 Å². The third-order valence-corrected chi connectivity index (χ3v) is 4.73. The predicted octanol–water partition coefficient (Wildman–Crippen LogP) is 1.77. The van der Waals surface area contributed by atoms with E-state index in [1.165, 1.54) is 43.9 Å². The minimum Gasteiger partial charge on any atom is -0.481 e. The van der Waals surface area contributed by atoms with Crippen molar-refractivity contribution in [1.29, 1.82) is 0 Å². The summed E-state index contributed by atoms with van der Waals surface area (Å²) in [5.74, 6) is 0.103. The Hall–Kier alpha value is -0.750. The summed E-state index contributed by atoms with van der Waals surface area (Å²) in [5, 5.41) is 8.65. The second-order valence-electron chi connectivity index (χ2n) is 6.03. The first kappa shape index (κ1) is 18.3. The second-order valence-corrected chi connectivity index (χ2v) is 7.02. The van der Waals surface area contributed by atoms with Gasteiger partial charge in [-0.15, -0.1) is 11.8 Å². The number of rotatable bonds is 9. The molecule has 0 spiro atoms. The molecule has 1 aliphatic carbocycles. The molecule has 0 aromatic rings. The number of carbonyl (C=O) groups is 2. The lowest BCUT2D eigenvalue weighted by Crippen LogP contribution is -2.41. The molecule has 21 heavy (non-hydrogen) atoms. The summed E-state index contributed by atoms with van der Waals surface area (Å²) in [7, 11) is 4.00. The van der Waals surface area contributed by atoms with E-state index < -0.39 is 5.97 Å². The normalized spacial score (nSPS) is 16.1. The van der Waals surface area contributed by atoms with Gasteiger partial charge in [0, 0.05) is 19.6 Å². The largest absolute Gasteiger partial charge is 0.481 e.